The number of fused-ring (bicyclic) bond motifs is 1. The molecule has 2 aromatic carbocycles. The Morgan fingerprint density at radius 3 is 2.69 bits per heavy atom. The number of methoxy groups -OCH3 is 1. The minimum atomic E-state index is 0.135. The van der Waals surface area contributed by atoms with Gasteiger partial charge < -0.3 is 9.64 Å². The van der Waals surface area contributed by atoms with Crippen molar-refractivity contribution in [2.24, 2.45) is 0 Å². The standard InChI is InChI=1S/C21H21N3O2/c1-26-15-17-7-5-6-16(10-17)11-21(25)23-13-18-12-22-24(20(18)14-23)19-8-3-2-4-9-19/h2-10,12H,11,13-15H2,1H3. The fraction of sp³-hybridized carbons (Fsp3) is 0.238. The van der Waals surface area contributed by atoms with Gasteiger partial charge in [-0.05, 0) is 23.3 Å². The van der Waals surface area contributed by atoms with E-state index in [1.807, 2.05) is 70.4 Å². The fourth-order valence-corrected chi connectivity index (χ4v) is 3.40. The van der Waals surface area contributed by atoms with E-state index in [9.17, 15) is 4.79 Å². The molecule has 0 saturated heterocycles. The van der Waals surface area contributed by atoms with Crippen LogP contribution < -0.4 is 0 Å². The van der Waals surface area contributed by atoms with E-state index < -0.39 is 0 Å². The largest absolute Gasteiger partial charge is 0.380 e. The number of aromatic nitrogens is 2. The number of amides is 1. The SMILES string of the molecule is COCc1cccc(CC(=O)N2Cc3cnn(-c4ccccc4)c3C2)c1. The molecular weight excluding hydrogens is 326 g/mol. The summed E-state index contributed by atoms with van der Waals surface area (Å²) in [5.41, 5.74) is 5.34. The van der Waals surface area contributed by atoms with Crippen molar-refractivity contribution in [3.05, 3.63) is 83.2 Å². The number of carbonyl (C=O) groups excluding carboxylic acids is 1. The number of hydrogen-bond acceptors (Lipinski definition) is 3. The van der Waals surface area contributed by atoms with Crippen LogP contribution in [0.3, 0.4) is 0 Å². The van der Waals surface area contributed by atoms with Crippen LogP contribution in [0.15, 0.2) is 60.8 Å². The van der Waals surface area contributed by atoms with E-state index in [2.05, 4.69) is 5.10 Å². The van der Waals surface area contributed by atoms with Crippen LogP contribution in [0, 0.1) is 0 Å². The van der Waals surface area contributed by atoms with E-state index in [-0.39, 0.29) is 5.91 Å². The molecule has 1 aromatic heterocycles. The summed E-state index contributed by atoms with van der Waals surface area (Å²) in [6.07, 6.45) is 2.27. The molecule has 2 heterocycles. The summed E-state index contributed by atoms with van der Waals surface area (Å²) in [6.45, 7) is 1.78. The van der Waals surface area contributed by atoms with Crippen molar-refractivity contribution in [1.82, 2.24) is 14.7 Å². The van der Waals surface area contributed by atoms with Crippen LogP contribution in [-0.2, 0) is 35.6 Å². The number of carbonyl (C=O) groups is 1. The zero-order valence-corrected chi connectivity index (χ0v) is 14.8. The normalized spacial score (nSPS) is 13.0. The summed E-state index contributed by atoms with van der Waals surface area (Å²) in [6, 6.07) is 18.0. The third-order valence-electron chi connectivity index (χ3n) is 4.67. The Hall–Kier alpha value is -2.92. The highest BCUT2D eigenvalue weighted by molar-refractivity contribution is 5.79. The number of hydrogen-bond donors (Lipinski definition) is 0. The Morgan fingerprint density at radius 1 is 1.08 bits per heavy atom. The van der Waals surface area contributed by atoms with Crippen LogP contribution in [-0.4, -0.2) is 27.7 Å². The fourth-order valence-electron chi connectivity index (χ4n) is 3.40. The lowest BCUT2D eigenvalue weighted by Gasteiger charge is -2.16. The molecule has 1 aliphatic rings. The summed E-state index contributed by atoms with van der Waals surface area (Å²) in [4.78, 5) is 14.7. The minimum absolute atomic E-state index is 0.135. The average molecular weight is 347 g/mol. The van der Waals surface area contributed by atoms with Crippen LogP contribution in [0.4, 0.5) is 0 Å². The first-order valence-corrected chi connectivity index (χ1v) is 8.70. The predicted molar refractivity (Wildman–Crippen MR) is 98.7 cm³/mol. The lowest BCUT2D eigenvalue weighted by molar-refractivity contribution is -0.131. The first-order valence-electron chi connectivity index (χ1n) is 8.70. The van der Waals surface area contributed by atoms with Crippen LogP contribution in [0.25, 0.3) is 5.69 Å². The summed E-state index contributed by atoms with van der Waals surface area (Å²) in [7, 11) is 1.68. The molecule has 0 spiro atoms. The molecule has 1 amide bonds. The van der Waals surface area contributed by atoms with Crippen molar-refractivity contribution >= 4 is 5.91 Å². The molecule has 5 heteroatoms. The number of nitrogens with zero attached hydrogens (tertiary/aromatic N) is 3. The van der Waals surface area contributed by atoms with Gasteiger partial charge in [0.05, 0.1) is 37.2 Å². The first-order chi connectivity index (χ1) is 12.7. The Kier molecular flexibility index (Phi) is 4.54. The van der Waals surface area contributed by atoms with Gasteiger partial charge in [-0.15, -0.1) is 0 Å². The summed E-state index contributed by atoms with van der Waals surface area (Å²) in [5.74, 6) is 0.135. The van der Waals surface area contributed by atoms with Gasteiger partial charge in [0.2, 0.25) is 5.91 Å². The second kappa shape index (κ2) is 7.14. The van der Waals surface area contributed by atoms with Gasteiger partial charge in [-0.1, -0.05) is 42.5 Å². The maximum absolute atomic E-state index is 12.8. The zero-order chi connectivity index (χ0) is 17.9. The predicted octanol–water partition coefficient (Wildman–Crippen LogP) is 3.10. The summed E-state index contributed by atoms with van der Waals surface area (Å²) in [5, 5.41) is 4.48. The van der Waals surface area contributed by atoms with Crippen molar-refractivity contribution in [1.29, 1.82) is 0 Å². The molecule has 0 N–H and O–H groups in total. The Bertz CT molecular complexity index is 918. The highest BCUT2D eigenvalue weighted by Crippen LogP contribution is 2.25. The van der Waals surface area contributed by atoms with E-state index in [0.717, 1.165) is 28.1 Å². The molecule has 0 radical (unpaired) electrons. The number of ether oxygens (including phenoxy) is 1. The highest BCUT2D eigenvalue weighted by Gasteiger charge is 2.27. The maximum Gasteiger partial charge on any atom is 0.227 e. The molecule has 132 valence electrons. The Morgan fingerprint density at radius 2 is 1.88 bits per heavy atom. The third kappa shape index (κ3) is 3.26. The number of para-hydroxylation sites is 1. The van der Waals surface area contributed by atoms with E-state index >= 15 is 0 Å². The molecule has 0 saturated carbocycles. The molecule has 0 fully saturated rings. The maximum atomic E-state index is 12.8. The smallest absolute Gasteiger partial charge is 0.227 e. The minimum Gasteiger partial charge on any atom is -0.380 e. The molecule has 3 aromatic rings. The lowest BCUT2D eigenvalue weighted by Crippen LogP contribution is -2.27. The number of rotatable bonds is 5. The molecule has 0 bridgehead atoms. The highest BCUT2D eigenvalue weighted by atomic mass is 16.5. The van der Waals surface area contributed by atoms with Crippen LogP contribution in [0.1, 0.15) is 22.4 Å². The van der Waals surface area contributed by atoms with Crippen LogP contribution in [0.2, 0.25) is 0 Å². The van der Waals surface area contributed by atoms with E-state index in [1.54, 1.807) is 7.11 Å². The molecule has 5 nitrogen and oxygen atoms in total. The molecule has 0 atom stereocenters. The lowest BCUT2D eigenvalue weighted by atomic mass is 10.1. The second-order valence-corrected chi connectivity index (χ2v) is 6.54. The molecule has 4 rings (SSSR count). The van der Waals surface area contributed by atoms with Gasteiger partial charge in [-0.3, -0.25) is 4.79 Å². The summed E-state index contributed by atoms with van der Waals surface area (Å²) >= 11 is 0. The van der Waals surface area contributed by atoms with Gasteiger partial charge in [0.1, 0.15) is 0 Å². The molecular formula is C21H21N3O2. The molecule has 1 aliphatic heterocycles. The molecule has 0 unspecified atom stereocenters. The van der Waals surface area contributed by atoms with Gasteiger partial charge in [0.15, 0.2) is 0 Å². The van der Waals surface area contributed by atoms with Gasteiger partial charge in [-0.25, -0.2) is 4.68 Å². The third-order valence-corrected chi connectivity index (χ3v) is 4.67. The van der Waals surface area contributed by atoms with Crippen molar-refractivity contribution in [2.45, 2.75) is 26.1 Å². The molecule has 26 heavy (non-hydrogen) atoms. The van der Waals surface area contributed by atoms with Gasteiger partial charge in [0, 0.05) is 19.2 Å². The average Bonchev–Trinajstić information content (AvgIpc) is 3.24. The van der Waals surface area contributed by atoms with E-state index in [0.29, 0.717) is 26.1 Å². The van der Waals surface area contributed by atoms with Crippen LogP contribution in [0.5, 0.6) is 0 Å². The van der Waals surface area contributed by atoms with Crippen molar-refractivity contribution in [3.8, 4) is 5.69 Å². The Balaban J connectivity index is 1.47. The number of benzene rings is 2. The van der Waals surface area contributed by atoms with Crippen molar-refractivity contribution in [2.75, 3.05) is 7.11 Å². The zero-order valence-electron chi connectivity index (χ0n) is 14.8. The van der Waals surface area contributed by atoms with Gasteiger partial charge in [-0.2, -0.15) is 5.10 Å². The van der Waals surface area contributed by atoms with Gasteiger partial charge in [0.25, 0.3) is 0 Å². The van der Waals surface area contributed by atoms with Gasteiger partial charge >= 0.3 is 0 Å². The monoisotopic (exact) mass is 347 g/mol. The second-order valence-electron chi connectivity index (χ2n) is 6.54. The van der Waals surface area contributed by atoms with Crippen molar-refractivity contribution in [3.63, 3.8) is 0 Å². The Labute approximate surface area is 152 Å². The quantitative estimate of drug-likeness (QED) is 0.712. The van der Waals surface area contributed by atoms with E-state index in [1.165, 1.54) is 0 Å². The van der Waals surface area contributed by atoms with E-state index in [4.69, 9.17) is 4.74 Å². The molecule has 0 aliphatic carbocycles. The summed E-state index contributed by atoms with van der Waals surface area (Å²) < 4.78 is 7.10. The van der Waals surface area contributed by atoms with Crippen molar-refractivity contribution < 1.29 is 9.53 Å². The topological polar surface area (TPSA) is 47.4 Å². The first kappa shape index (κ1) is 16.5. The van der Waals surface area contributed by atoms with Crippen LogP contribution >= 0.6 is 0 Å².